The molecule has 2 N–H and O–H groups in total. The van der Waals surface area contributed by atoms with Crippen molar-refractivity contribution in [2.24, 2.45) is 5.73 Å². The molecule has 2 rings (SSSR count). The molecule has 2 aromatic rings. The minimum Gasteiger partial charge on any atom is -0.778 e. The van der Waals surface area contributed by atoms with Crippen molar-refractivity contribution < 1.29 is 27.8 Å². The van der Waals surface area contributed by atoms with Gasteiger partial charge in [0.1, 0.15) is 20.0 Å². The SMILES string of the molecule is CCn1c(CN)[n+](CC)c2ccc(OCCOP(=O)([O-])CCC[N+](C)(C)C)cc21. The summed E-state index contributed by atoms with van der Waals surface area (Å²) in [6, 6.07) is 5.89. The van der Waals surface area contributed by atoms with E-state index in [0.29, 0.717) is 18.7 Å². The van der Waals surface area contributed by atoms with Gasteiger partial charge in [-0.3, -0.25) is 0 Å². The van der Waals surface area contributed by atoms with Crippen molar-refractivity contribution in [2.45, 2.75) is 39.9 Å². The van der Waals surface area contributed by atoms with Gasteiger partial charge in [-0.25, -0.2) is 9.13 Å². The van der Waals surface area contributed by atoms with Crippen LogP contribution in [-0.4, -0.2) is 56.1 Å². The van der Waals surface area contributed by atoms with E-state index in [1.165, 1.54) is 0 Å². The van der Waals surface area contributed by atoms with E-state index < -0.39 is 7.60 Å². The molecule has 8 nitrogen and oxygen atoms in total. The fraction of sp³-hybridized carbons (Fsp3) is 0.650. The summed E-state index contributed by atoms with van der Waals surface area (Å²) in [6.07, 6.45) is 0.633. The van der Waals surface area contributed by atoms with Crippen LogP contribution in [0.25, 0.3) is 11.0 Å². The summed E-state index contributed by atoms with van der Waals surface area (Å²) in [4.78, 5) is 12.0. The van der Waals surface area contributed by atoms with Gasteiger partial charge in [-0.15, -0.1) is 0 Å². The van der Waals surface area contributed by atoms with Gasteiger partial charge in [-0.2, -0.15) is 0 Å². The molecule has 0 aliphatic heterocycles. The lowest BCUT2D eigenvalue weighted by Gasteiger charge is -2.27. The highest BCUT2D eigenvalue weighted by Gasteiger charge is 2.22. The predicted octanol–water partition coefficient (Wildman–Crippen LogP) is 1.47. The first-order valence-electron chi connectivity index (χ1n) is 10.2. The molecule has 0 amide bonds. The topological polar surface area (TPSA) is 93.4 Å². The minimum absolute atomic E-state index is 0.0149. The predicted molar refractivity (Wildman–Crippen MR) is 113 cm³/mol. The Morgan fingerprint density at radius 1 is 1.24 bits per heavy atom. The van der Waals surface area contributed by atoms with E-state index >= 15 is 0 Å². The molecule has 0 bridgehead atoms. The second-order valence-corrected chi connectivity index (χ2v) is 10.1. The zero-order valence-corrected chi connectivity index (χ0v) is 19.3. The van der Waals surface area contributed by atoms with Crippen LogP contribution >= 0.6 is 7.60 Å². The molecule has 0 radical (unpaired) electrons. The highest BCUT2D eigenvalue weighted by molar-refractivity contribution is 7.51. The lowest BCUT2D eigenvalue weighted by molar-refractivity contribution is -0.870. The van der Waals surface area contributed by atoms with Crippen molar-refractivity contribution in [1.82, 2.24) is 4.57 Å². The molecule has 1 unspecified atom stereocenters. The smallest absolute Gasteiger partial charge is 0.271 e. The Hall–Kier alpha value is -1.44. The van der Waals surface area contributed by atoms with Gasteiger partial charge >= 0.3 is 0 Å². The van der Waals surface area contributed by atoms with Crippen LogP contribution in [0.2, 0.25) is 0 Å². The third kappa shape index (κ3) is 6.52. The number of aromatic nitrogens is 2. The third-order valence-corrected chi connectivity index (χ3v) is 6.31. The van der Waals surface area contributed by atoms with Gasteiger partial charge in [0, 0.05) is 18.6 Å². The Labute approximate surface area is 174 Å². The number of fused-ring (bicyclic) bond motifs is 1. The number of quaternary nitrogens is 1. The number of aryl methyl sites for hydroxylation is 2. The number of benzene rings is 1. The standard InChI is InChI=1S/C20H36N4O4P/c1-6-22-18-10-9-17(15-19(18)23(7-2)20(22)16-21)27-12-13-28-29(25,26)14-8-11-24(3,4)5/h9-10,15H,6-8,11-14,16,21H2,1-5H3/q+1. The first-order valence-corrected chi connectivity index (χ1v) is 12.0. The number of nitrogens with zero attached hydrogens (tertiary/aromatic N) is 3. The summed E-state index contributed by atoms with van der Waals surface area (Å²) in [6.45, 7) is 7.29. The average Bonchev–Trinajstić information content (AvgIpc) is 2.95. The average molecular weight is 428 g/mol. The van der Waals surface area contributed by atoms with E-state index in [-0.39, 0.29) is 19.4 Å². The summed E-state index contributed by atoms with van der Waals surface area (Å²) in [5, 5.41) is 0. The summed E-state index contributed by atoms with van der Waals surface area (Å²) in [7, 11) is 2.28. The molecule has 0 saturated carbocycles. The van der Waals surface area contributed by atoms with E-state index in [4.69, 9.17) is 15.0 Å². The Balaban J connectivity index is 1.95. The molecule has 1 heterocycles. The second kappa shape index (κ2) is 10.0. The van der Waals surface area contributed by atoms with Crippen LogP contribution in [0.1, 0.15) is 26.1 Å². The maximum atomic E-state index is 12.0. The van der Waals surface area contributed by atoms with Crippen molar-refractivity contribution >= 4 is 18.6 Å². The van der Waals surface area contributed by atoms with E-state index in [2.05, 4.69) is 23.0 Å². The Kier molecular flexibility index (Phi) is 8.26. The molecule has 0 aliphatic carbocycles. The lowest BCUT2D eigenvalue weighted by atomic mass is 10.3. The monoisotopic (exact) mass is 427 g/mol. The van der Waals surface area contributed by atoms with Crippen molar-refractivity contribution in [3.63, 3.8) is 0 Å². The van der Waals surface area contributed by atoms with Crippen molar-refractivity contribution in [2.75, 3.05) is 47.1 Å². The van der Waals surface area contributed by atoms with Crippen LogP contribution < -0.4 is 19.9 Å². The van der Waals surface area contributed by atoms with E-state index in [9.17, 15) is 9.46 Å². The fourth-order valence-electron chi connectivity index (χ4n) is 3.53. The van der Waals surface area contributed by atoms with Gasteiger partial charge in [0.25, 0.3) is 5.82 Å². The van der Waals surface area contributed by atoms with Gasteiger partial charge < -0.3 is 28.9 Å². The summed E-state index contributed by atoms with van der Waals surface area (Å²) < 4.78 is 28.0. The van der Waals surface area contributed by atoms with Crippen molar-refractivity contribution in [3.8, 4) is 5.75 Å². The lowest BCUT2D eigenvalue weighted by Crippen LogP contribution is -2.38. The number of imidazole rings is 1. The van der Waals surface area contributed by atoms with Crippen LogP contribution in [0.5, 0.6) is 5.75 Å². The number of hydrogen-bond donors (Lipinski definition) is 1. The maximum absolute atomic E-state index is 12.0. The van der Waals surface area contributed by atoms with Crippen LogP contribution in [-0.2, 0) is 28.7 Å². The van der Waals surface area contributed by atoms with E-state index in [1.54, 1.807) is 0 Å². The van der Waals surface area contributed by atoms with Gasteiger partial charge in [-0.1, -0.05) is 0 Å². The Morgan fingerprint density at radius 3 is 2.55 bits per heavy atom. The minimum atomic E-state index is -3.82. The van der Waals surface area contributed by atoms with Gasteiger partial charge in [0.05, 0.1) is 53.9 Å². The number of rotatable bonds is 12. The van der Waals surface area contributed by atoms with Crippen LogP contribution in [0.15, 0.2) is 18.2 Å². The highest BCUT2D eigenvalue weighted by atomic mass is 31.2. The molecule has 0 saturated heterocycles. The molecule has 9 heteroatoms. The quantitative estimate of drug-likeness (QED) is 0.240. The molecule has 0 aliphatic rings. The Bertz CT molecular complexity index is 860. The number of hydrogen-bond acceptors (Lipinski definition) is 5. The molecule has 1 aromatic carbocycles. The molecule has 0 spiro atoms. The zero-order valence-electron chi connectivity index (χ0n) is 18.4. The summed E-state index contributed by atoms with van der Waals surface area (Å²) >= 11 is 0. The first kappa shape index (κ1) is 23.8. The second-order valence-electron chi connectivity index (χ2n) is 8.14. The van der Waals surface area contributed by atoms with E-state index in [0.717, 1.165) is 41.0 Å². The van der Waals surface area contributed by atoms with Crippen molar-refractivity contribution in [1.29, 1.82) is 0 Å². The van der Waals surface area contributed by atoms with Crippen molar-refractivity contribution in [3.05, 3.63) is 24.0 Å². The summed E-state index contributed by atoms with van der Waals surface area (Å²) in [5.41, 5.74) is 8.12. The zero-order chi connectivity index (χ0) is 21.7. The first-order chi connectivity index (χ1) is 13.6. The maximum Gasteiger partial charge on any atom is 0.271 e. The molecule has 1 atom stereocenters. The van der Waals surface area contributed by atoms with Crippen LogP contribution in [0.3, 0.4) is 0 Å². The normalized spacial score (nSPS) is 14.3. The molecule has 1 aromatic heterocycles. The van der Waals surface area contributed by atoms with Crippen LogP contribution in [0.4, 0.5) is 0 Å². The van der Waals surface area contributed by atoms with E-state index in [1.807, 2.05) is 39.3 Å². The Morgan fingerprint density at radius 2 is 1.97 bits per heavy atom. The fourth-order valence-corrected chi connectivity index (χ4v) is 4.54. The van der Waals surface area contributed by atoms with Crippen LogP contribution in [0, 0.1) is 0 Å². The molecule has 0 fully saturated rings. The highest BCUT2D eigenvalue weighted by Crippen LogP contribution is 2.37. The molecular weight excluding hydrogens is 391 g/mol. The number of ether oxygens (including phenoxy) is 1. The van der Waals surface area contributed by atoms with Gasteiger partial charge in [0.15, 0.2) is 11.0 Å². The van der Waals surface area contributed by atoms with Gasteiger partial charge in [0.2, 0.25) is 0 Å². The molecular formula is C20H36N4O4P+. The van der Waals surface area contributed by atoms with Gasteiger partial charge in [-0.05, 0) is 26.0 Å². The third-order valence-electron chi connectivity index (χ3n) is 4.87. The number of nitrogens with two attached hydrogens (primary N) is 1. The molecule has 29 heavy (non-hydrogen) atoms. The largest absolute Gasteiger partial charge is 0.778 e. The summed E-state index contributed by atoms with van der Waals surface area (Å²) in [5.74, 6) is 1.76. The molecule has 164 valence electrons.